The first kappa shape index (κ1) is 19.8. The van der Waals surface area contributed by atoms with Crippen molar-refractivity contribution in [2.75, 3.05) is 33.9 Å². The monoisotopic (exact) mass is 375 g/mol. The topological polar surface area (TPSA) is 62.8 Å². The molecule has 2 aliphatic rings. The molecular weight excluding hydrogens is 342 g/mol. The number of likely N-dealkylation sites (tertiary alicyclic amines) is 1. The highest BCUT2D eigenvalue weighted by molar-refractivity contribution is 5.74. The molecule has 150 valence electrons. The van der Waals surface area contributed by atoms with E-state index < -0.39 is 0 Å². The van der Waals surface area contributed by atoms with Crippen LogP contribution in [0.15, 0.2) is 18.2 Å². The van der Waals surface area contributed by atoms with Gasteiger partial charge in [0.15, 0.2) is 11.5 Å². The summed E-state index contributed by atoms with van der Waals surface area (Å²) in [6, 6.07) is 5.85. The second-order valence-electron chi connectivity index (χ2n) is 7.74. The Morgan fingerprint density at radius 2 is 1.78 bits per heavy atom. The molecule has 1 heterocycles. The normalized spacial score (nSPS) is 19.0. The van der Waals surface area contributed by atoms with Gasteiger partial charge < -0.3 is 25.0 Å². The van der Waals surface area contributed by atoms with Crippen molar-refractivity contribution in [3.63, 3.8) is 0 Å². The predicted octanol–water partition coefficient (Wildman–Crippen LogP) is 3.16. The lowest BCUT2D eigenvalue weighted by Gasteiger charge is -2.33. The van der Waals surface area contributed by atoms with E-state index in [1.54, 1.807) is 14.2 Å². The zero-order chi connectivity index (χ0) is 19.1. The molecule has 0 bridgehead atoms. The molecule has 1 aliphatic heterocycles. The van der Waals surface area contributed by atoms with Gasteiger partial charge >= 0.3 is 6.03 Å². The van der Waals surface area contributed by atoms with E-state index in [-0.39, 0.29) is 12.1 Å². The van der Waals surface area contributed by atoms with Crippen LogP contribution in [0.2, 0.25) is 0 Å². The van der Waals surface area contributed by atoms with E-state index in [0.717, 1.165) is 37.4 Å². The smallest absolute Gasteiger partial charge is 0.315 e. The standard InChI is InChI=1S/C21H33N3O3/c1-26-19-8-7-17(13-20(19)27-2)14-22-21(25)23-18-9-11-24(12-10-18)15-16-5-3-4-6-16/h7-8,13,16,18H,3-6,9-12,14-15H2,1-2H3,(H2,22,23,25). The third kappa shape index (κ3) is 5.76. The van der Waals surface area contributed by atoms with Gasteiger partial charge in [-0.3, -0.25) is 0 Å². The zero-order valence-corrected chi connectivity index (χ0v) is 16.6. The number of ether oxygens (including phenoxy) is 2. The van der Waals surface area contributed by atoms with E-state index in [0.29, 0.717) is 18.0 Å². The molecule has 2 amide bonds. The molecule has 0 radical (unpaired) electrons. The van der Waals surface area contributed by atoms with Crippen LogP contribution < -0.4 is 20.1 Å². The number of benzene rings is 1. The molecule has 0 aromatic heterocycles. The van der Waals surface area contributed by atoms with E-state index in [9.17, 15) is 4.79 Å². The Labute approximate surface area is 162 Å². The average Bonchev–Trinajstić information content (AvgIpc) is 3.20. The highest BCUT2D eigenvalue weighted by Crippen LogP contribution is 2.28. The molecule has 6 nitrogen and oxygen atoms in total. The summed E-state index contributed by atoms with van der Waals surface area (Å²) >= 11 is 0. The molecule has 0 unspecified atom stereocenters. The third-order valence-corrected chi connectivity index (χ3v) is 5.81. The van der Waals surface area contributed by atoms with E-state index in [1.165, 1.54) is 32.2 Å². The Morgan fingerprint density at radius 1 is 1.07 bits per heavy atom. The molecule has 0 atom stereocenters. The SMILES string of the molecule is COc1ccc(CNC(=O)NC2CCN(CC3CCCC3)CC2)cc1OC. The van der Waals surface area contributed by atoms with E-state index in [4.69, 9.17) is 9.47 Å². The van der Waals surface area contributed by atoms with Gasteiger partial charge in [-0.05, 0) is 49.3 Å². The van der Waals surface area contributed by atoms with Crippen LogP contribution in [0.3, 0.4) is 0 Å². The van der Waals surface area contributed by atoms with Crippen molar-refractivity contribution in [3.05, 3.63) is 23.8 Å². The Bertz CT molecular complexity index is 609. The van der Waals surface area contributed by atoms with Gasteiger partial charge in [0.05, 0.1) is 14.2 Å². The minimum absolute atomic E-state index is 0.0981. The van der Waals surface area contributed by atoms with Crippen LogP contribution in [-0.2, 0) is 6.54 Å². The number of rotatable bonds is 7. The first-order valence-corrected chi connectivity index (χ1v) is 10.2. The van der Waals surface area contributed by atoms with Gasteiger partial charge in [0, 0.05) is 32.2 Å². The molecule has 27 heavy (non-hydrogen) atoms. The van der Waals surface area contributed by atoms with Crippen molar-refractivity contribution in [2.24, 2.45) is 5.92 Å². The van der Waals surface area contributed by atoms with Crippen molar-refractivity contribution < 1.29 is 14.3 Å². The summed E-state index contributed by atoms with van der Waals surface area (Å²) in [4.78, 5) is 14.8. The fourth-order valence-corrected chi connectivity index (χ4v) is 4.23. The van der Waals surface area contributed by atoms with Crippen LogP contribution >= 0.6 is 0 Å². The van der Waals surface area contributed by atoms with Crippen LogP contribution in [0.5, 0.6) is 11.5 Å². The molecule has 1 aromatic rings. The molecule has 1 saturated heterocycles. The first-order valence-electron chi connectivity index (χ1n) is 10.2. The molecule has 3 rings (SSSR count). The largest absolute Gasteiger partial charge is 0.493 e. The van der Waals surface area contributed by atoms with E-state index in [2.05, 4.69) is 15.5 Å². The lowest BCUT2D eigenvalue weighted by molar-refractivity contribution is 0.171. The number of piperidine rings is 1. The van der Waals surface area contributed by atoms with Crippen LogP contribution in [0.25, 0.3) is 0 Å². The molecule has 1 saturated carbocycles. The summed E-state index contributed by atoms with van der Waals surface area (Å²) < 4.78 is 10.5. The van der Waals surface area contributed by atoms with Gasteiger partial charge in [-0.1, -0.05) is 18.9 Å². The van der Waals surface area contributed by atoms with Crippen LogP contribution in [0, 0.1) is 5.92 Å². The second kappa shape index (κ2) is 9.83. The number of carbonyl (C=O) groups is 1. The quantitative estimate of drug-likeness (QED) is 0.768. The van der Waals surface area contributed by atoms with Crippen molar-refractivity contribution in [3.8, 4) is 11.5 Å². The summed E-state index contributed by atoms with van der Waals surface area (Å²) in [5.41, 5.74) is 0.981. The number of amides is 2. The maximum Gasteiger partial charge on any atom is 0.315 e. The zero-order valence-electron chi connectivity index (χ0n) is 16.6. The summed E-state index contributed by atoms with van der Waals surface area (Å²) in [7, 11) is 3.23. The molecule has 1 aromatic carbocycles. The molecular formula is C21H33N3O3. The van der Waals surface area contributed by atoms with Crippen molar-refractivity contribution >= 4 is 6.03 Å². The number of urea groups is 1. The Kier molecular flexibility index (Phi) is 7.21. The maximum atomic E-state index is 12.2. The summed E-state index contributed by atoms with van der Waals surface area (Å²) in [5, 5.41) is 6.07. The van der Waals surface area contributed by atoms with Crippen LogP contribution in [0.1, 0.15) is 44.1 Å². The number of carbonyl (C=O) groups excluding carboxylic acids is 1. The highest BCUT2D eigenvalue weighted by Gasteiger charge is 2.24. The minimum atomic E-state index is -0.0981. The molecule has 6 heteroatoms. The number of methoxy groups -OCH3 is 2. The first-order chi connectivity index (χ1) is 13.2. The maximum absolute atomic E-state index is 12.2. The summed E-state index contributed by atoms with van der Waals surface area (Å²) in [6.45, 7) is 3.90. The molecule has 2 N–H and O–H groups in total. The van der Waals surface area contributed by atoms with Gasteiger partial charge in [0.2, 0.25) is 0 Å². The number of hydrogen-bond acceptors (Lipinski definition) is 4. The predicted molar refractivity (Wildman–Crippen MR) is 106 cm³/mol. The molecule has 0 spiro atoms. The number of nitrogens with one attached hydrogen (secondary N) is 2. The molecule has 2 fully saturated rings. The molecule has 1 aliphatic carbocycles. The van der Waals surface area contributed by atoms with E-state index in [1.807, 2.05) is 18.2 Å². The van der Waals surface area contributed by atoms with Gasteiger partial charge in [-0.25, -0.2) is 4.79 Å². The summed E-state index contributed by atoms with van der Waals surface area (Å²) in [5.74, 6) is 2.27. The fourth-order valence-electron chi connectivity index (χ4n) is 4.23. The van der Waals surface area contributed by atoms with Gasteiger partial charge in [0.1, 0.15) is 0 Å². The number of nitrogens with zero attached hydrogens (tertiary/aromatic N) is 1. The second-order valence-corrected chi connectivity index (χ2v) is 7.74. The highest BCUT2D eigenvalue weighted by atomic mass is 16.5. The Hall–Kier alpha value is -1.95. The van der Waals surface area contributed by atoms with Crippen molar-refractivity contribution in [1.29, 1.82) is 0 Å². The Morgan fingerprint density at radius 3 is 2.44 bits per heavy atom. The lowest BCUT2D eigenvalue weighted by Crippen LogP contribution is -2.48. The third-order valence-electron chi connectivity index (χ3n) is 5.81. The summed E-state index contributed by atoms with van der Waals surface area (Å²) in [6.07, 6.45) is 7.69. The lowest BCUT2D eigenvalue weighted by atomic mass is 10.0. The van der Waals surface area contributed by atoms with Gasteiger partial charge in [-0.15, -0.1) is 0 Å². The average molecular weight is 376 g/mol. The Balaban J connectivity index is 1.37. The van der Waals surface area contributed by atoms with Crippen LogP contribution in [0.4, 0.5) is 4.79 Å². The minimum Gasteiger partial charge on any atom is -0.493 e. The van der Waals surface area contributed by atoms with Crippen molar-refractivity contribution in [2.45, 2.75) is 51.1 Å². The van der Waals surface area contributed by atoms with Gasteiger partial charge in [-0.2, -0.15) is 0 Å². The van der Waals surface area contributed by atoms with Crippen molar-refractivity contribution in [1.82, 2.24) is 15.5 Å². The number of hydrogen-bond donors (Lipinski definition) is 2. The van der Waals surface area contributed by atoms with Crippen LogP contribution in [-0.4, -0.2) is 50.8 Å². The van der Waals surface area contributed by atoms with E-state index >= 15 is 0 Å². The fraction of sp³-hybridized carbons (Fsp3) is 0.667. The van der Waals surface area contributed by atoms with Gasteiger partial charge in [0.25, 0.3) is 0 Å².